The van der Waals surface area contributed by atoms with Gasteiger partial charge in [0.05, 0.1) is 18.6 Å². The highest BCUT2D eigenvalue weighted by molar-refractivity contribution is 5.95. The standard InChI is InChI=1S/C44H38O4/c1-4-27-45-29-31-47-40-25-21-35-15-9-11-17-38(35)42(40)44(3,37-23-19-34(20-24-37)33-13-7-6-8-14-33)43-39-18-12-10-16-36(39)22-26-41(43)48-32-30-46-28-5-2/h1-2,6-26H,27-32H2,3H3. The third-order valence-electron chi connectivity index (χ3n) is 8.69. The summed E-state index contributed by atoms with van der Waals surface area (Å²) < 4.78 is 24.3. The van der Waals surface area contributed by atoms with Gasteiger partial charge in [0.15, 0.2) is 0 Å². The first-order chi connectivity index (χ1) is 23.6. The molecule has 0 unspecified atom stereocenters. The Kier molecular flexibility index (Phi) is 10.4. The van der Waals surface area contributed by atoms with Crippen LogP contribution in [0.3, 0.4) is 0 Å². The van der Waals surface area contributed by atoms with Crippen molar-refractivity contribution in [1.82, 2.24) is 0 Å². The van der Waals surface area contributed by atoms with E-state index < -0.39 is 5.41 Å². The second kappa shape index (κ2) is 15.4. The molecule has 0 saturated heterocycles. The number of hydrogen-bond donors (Lipinski definition) is 0. The Morgan fingerprint density at radius 1 is 0.500 bits per heavy atom. The minimum atomic E-state index is -0.749. The van der Waals surface area contributed by atoms with Crippen molar-refractivity contribution in [2.24, 2.45) is 0 Å². The lowest BCUT2D eigenvalue weighted by molar-refractivity contribution is 0.123. The van der Waals surface area contributed by atoms with E-state index in [4.69, 9.17) is 31.8 Å². The van der Waals surface area contributed by atoms with Gasteiger partial charge in [-0.1, -0.05) is 127 Å². The largest absolute Gasteiger partial charge is 0.491 e. The van der Waals surface area contributed by atoms with E-state index in [1.165, 1.54) is 0 Å². The number of fused-ring (bicyclic) bond motifs is 2. The molecule has 4 nitrogen and oxygen atoms in total. The lowest BCUT2D eigenvalue weighted by atomic mass is 9.67. The average Bonchev–Trinajstić information content (AvgIpc) is 3.14. The summed E-state index contributed by atoms with van der Waals surface area (Å²) in [7, 11) is 0. The zero-order valence-electron chi connectivity index (χ0n) is 27.2. The summed E-state index contributed by atoms with van der Waals surface area (Å²) >= 11 is 0. The third-order valence-corrected chi connectivity index (χ3v) is 8.69. The van der Waals surface area contributed by atoms with Crippen LogP contribution in [0.15, 0.2) is 127 Å². The second-order valence-corrected chi connectivity index (χ2v) is 11.6. The minimum Gasteiger partial charge on any atom is -0.491 e. The Morgan fingerprint density at radius 3 is 1.46 bits per heavy atom. The van der Waals surface area contributed by atoms with Crippen LogP contribution in [0.1, 0.15) is 23.6 Å². The Labute approximate surface area is 283 Å². The Bertz CT molecular complexity index is 1960. The van der Waals surface area contributed by atoms with Gasteiger partial charge < -0.3 is 18.9 Å². The highest BCUT2D eigenvalue weighted by atomic mass is 16.5. The van der Waals surface area contributed by atoms with E-state index in [2.05, 4.69) is 140 Å². The van der Waals surface area contributed by atoms with Gasteiger partial charge in [0.25, 0.3) is 0 Å². The van der Waals surface area contributed by atoms with E-state index in [0.29, 0.717) is 26.4 Å². The van der Waals surface area contributed by atoms with Crippen molar-refractivity contribution in [1.29, 1.82) is 0 Å². The molecule has 0 atom stereocenters. The van der Waals surface area contributed by atoms with Crippen molar-refractivity contribution in [2.45, 2.75) is 12.3 Å². The van der Waals surface area contributed by atoms with Crippen LogP contribution in [0.2, 0.25) is 0 Å². The van der Waals surface area contributed by atoms with E-state index in [1.54, 1.807) is 0 Å². The summed E-state index contributed by atoms with van der Waals surface area (Å²) in [5, 5.41) is 4.40. The molecule has 0 saturated carbocycles. The second-order valence-electron chi connectivity index (χ2n) is 11.6. The predicted molar refractivity (Wildman–Crippen MR) is 196 cm³/mol. The molecule has 0 amide bonds. The average molecular weight is 631 g/mol. The first-order valence-electron chi connectivity index (χ1n) is 16.1. The minimum absolute atomic E-state index is 0.237. The molecule has 0 N–H and O–H groups in total. The van der Waals surface area contributed by atoms with Gasteiger partial charge in [0, 0.05) is 11.1 Å². The van der Waals surface area contributed by atoms with Crippen molar-refractivity contribution < 1.29 is 18.9 Å². The molecule has 238 valence electrons. The van der Waals surface area contributed by atoms with Crippen molar-refractivity contribution in [3.63, 3.8) is 0 Å². The number of benzene rings is 6. The van der Waals surface area contributed by atoms with E-state index in [9.17, 15) is 0 Å². The first-order valence-corrected chi connectivity index (χ1v) is 16.1. The maximum absolute atomic E-state index is 6.58. The van der Waals surface area contributed by atoms with Crippen LogP contribution in [0.4, 0.5) is 0 Å². The van der Waals surface area contributed by atoms with E-state index >= 15 is 0 Å². The predicted octanol–water partition coefficient (Wildman–Crippen LogP) is 9.07. The molecular weight excluding hydrogens is 592 g/mol. The topological polar surface area (TPSA) is 36.9 Å². The number of hydrogen-bond acceptors (Lipinski definition) is 4. The van der Waals surface area contributed by atoms with Crippen molar-refractivity contribution in [3.05, 3.63) is 144 Å². The van der Waals surface area contributed by atoms with Gasteiger partial charge in [-0.3, -0.25) is 0 Å². The third kappa shape index (κ3) is 6.78. The number of rotatable bonds is 14. The molecule has 0 heterocycles. The number of ether oxygens (including phenoxy) is 4. The Balaban J connectivity index is 1.60. The smallest absolute Gasteiger partial charge is 0.124 e. The van der Waals surface area contributed by atoms with Crippen LogP contribution < -0.4 is 9.47 Å². The van der Waals surface area contributed by atoms with Gasteiger partial charge in [0.1, 0.15) is 37.9 Å². The molecule has 0 aliphatic carbocycles. The fraction of sp³-hybridized carbons (Fsp3) is 0.182. The molecule has 0 bridgehead atoms. The SMILES string of the molecule is C#CCOCCOc1ccc2ccccc2c1C(C)(c1ccc(-c2ccccc2)cc1)c1c(OCCOCC#C)ccc2ccccc12. The summed E-state index contributed by atoms with van der Waals surface area (Å²) in [5.41, 5.74) is 4.72. The molecule has 6 rings (SSSR count). The van der Waals surface area contributed by atoms with Gasteiger partial charge in [-0.25, -0.2) is 0 Å². The molecule has 4 heteroatoms. The normalized spacial score (nSPS) is 11.2. The summed E-state index contributed by atoms with van der Waals surface area (Å²) in [6.45, 7) is 4.20. The number of terminal acetylenes is 2. The first kappa shape index (κ1) is 32.4. The molecule has 0 radical (unpaired) electrons. The van der Waals surface area contributed by atoms with Crippen molar-refractivity contribution in [2.75, 3.05) is 39.6 Å². The maximum Gasteiger partial charge on any atom is 0.124 e. The van der Waals surface area contributed by atoms with Gasteiger partial charge in [0.2, 0.25) is 0 Å². The fourth-order valence-corrected chi connectivity index (χ4v) is 6.50. The van der Waals surface area contributed by atoms with Gasteiger partial charge in [-0.2, -0.15) is 0 Å². The Morgan fingerprint density at radius 2 is 0.958 bits per heavy atom. The van der Waals surface area contributed by atoms with Gasteiger partial charge in [-0.05, 0) is 57.3 Å². The van der Waals surface area contributed by atoms with Gasteiger partial charge >= 0.3 is 0 Å². The molecule has 0 aromatic heterocycles. The molecule has 6 aromatic carbocycles. The molecule has 0 aliphatic heterocycles. The van der Waals surface area contributed by atoms with Crippen molar-refractivity contribution in [3.8, 4) is 47.3 Å². The quantitative estimate of drug-likeness (QED) is 0.0684. The molecule has 48 heavy (non-hydrogen) atoms. The van der Waals surface area contributed by atoms with E-state index in [1.807, 2.05) is 6.07 Å². The van der Waals surface area contributed by atoms with Crippen LogP contribution in [-0.4, -0.2) is 39.6 Å². The molecule has 0 spiro atoms. The van der Waals surface area contributed by atoms with Gasteiger partial charge in [-0.15, -0.1) is 12.8 Å². The fourth-order valence-electron chi connectivity index (χ4n) is 6.50. The van der Waals surface area contributed by atoms with Crippen LogP contribution in [0, 0.1) is 24.7 Å². The highest BCUT2D eigenvalue weighted by Crippen LogP contribution is 2.51. The van der Waals surface area contributed by atoms with E-state index in [-0.39, 0.29) is 13.2 Å². The molecule has 0 fully saturated rings. The molecule has 0 aliphatic rings. The molecular formula is C44H38O4. The summed E-state index contributed by atoms with van der Waals surface area (Å²) in [5.74, 6) is 6.59. The zero-order valence-corrected chi connectivity index (χ0v) is 27.2. The van der Waals surface area contributed by atoms with Crippen LogP contribution >= 0.6 is 0 Å². The monoisotopic (exact) mass is 630 g/mol. The Hall–Kier alpha value is -5.52. The summed E-state index contributed by atoms with van der Waals surface area (Å²) in [6.07, 6.45) is 10.8. The molecule has 6 aromatic rings. The van der Waals surface area contributed by atoms with E-state index in [0.717, 1.165) is 60.9 Å². The lowest BCUT2D eigenvalue weighted by Crippen LogP contribution is -2.28. The summed E-state index contributed by atoms with van der Waals surface area (Å²) in [4.78, 5) is 0. The highest BCUT2D eigenvalue weighted by Gasteiger charge is 2.39. The van der Waals surface area contributed by atoms with Crippen LogP contribution in [0.5, 0.6) is 11.5 Å². The zero-order chi connectivity index (χ0) is 33.2. The van der Waals surface area contributed by atoms with Crippen LogP contribution in [-0.2, 0) is 14.9 Å². The van der Waals surface area contributed by atoms with Crippen LogP contribution in [0.25, 0.3) is 32.7 Å². The summed E-state index contributed by atoms with van der Waals surface area (Å²) in [6, 6.07) is 44.5. The lowest BCUT2D eigenvalue weighted by Gasteiger charge is -2.36. The van der Waals surface area contributed by atoms with Crippen molar-refractivity contribution >= 4 is 21.5 Å². The maximum atomic E-state index is 6.58.